The van der Waals surface area contributed by atoms with E-state index in [0.29, 0.717) is 5.56 Å². The fraction of sp³-hybridized carbons (Fsp3) is 0.0476. The van der Waals surface area contributed by atoms with Crippen LogP contribution in [0.2, 0.25) is 0 Å². The molecule has 152 valence electrons. The van der Waals surface area contributed by atoms with Gasteiger partial charge in [0, 0.05) is 12.1 Å². The molecule has 0 spiro atoms. The molecule has 30 heavy (non-hydrogen) atoms. The van der Waals surface area contributed by atoms with Gasteiger partial charge >= 0.3 is 12.1 Å². The molecule has 0 saturated heterocycles. The molecule has 9 heteroatoms. The molecular formula is C21H15FN2O6. The molecule has 0 fully saturated rings. The van der Waals surface area contributed by atoms with Crippen LogP contribution in [0.5, 0.6) is 5.75 Å². The van der Waals surface area contributed by atoms with Crippen molar-refractivity contribution in [2.45, 2.75) is 6.54 Å². The van der Waals surface area contributed by atoms with E-state index in [4.69, 9.17) is 9.84 Å². The molecule has 0 atom stereocenters. The number of amides is 1. The van der Waals surface area contributed by atoms with E-state index in [1.807, 2.05) is 0 Å². The van der Waals surface area contributed by atoms with Crippen LogP contribution < -0.4 is 9.64 Å². The van der Waals surface area contributed by atoms with Gasteiger partial charge in [-0.15, -0.1) is 0 Å². The second-order valence-electron chi connectivity index (χ2n) is 6.19. The monoisotopic (exact) mass is 410 g/mol. The highest BCUT2D eigenvalue weighted by atomic mass is 19.1. The molecule has 1 amide bonds. The zero-order chi connectivity index (χ0) is 21.7. The Morgan fingerprint density at radius 1 is 1.03 bits per heavy atom. The van der Waals surface area contributed by atoms with Gasteiger partial charge in [-0.25, -0.2) is 14.0 Å². The van der Waals surface area contributed by atoms with Gasteiger partial charge in [0.1, 0.15) is 11.6 Å². The van der Waals surface area contributed by atoms with Crippen LogP contribution in [0, 0.1) is 15.9 Å². The standard InChI is InChI=1S/C21H15FN2O6/c22-16-2-1-3-18(12-16)23(13-14-4-6-15(7-5-14)20(25)26)21(27)30-19-10-8-17(9-11-19)24(28)29/h1-12H,13H2,(H,25,26). The number of nitro benzene ring substituents is 1. The van der Waals surface area contributed by atoms with E-state index in [2.05, 4.69) is 0 Å². The van der Waals surface area contributed by atoms with Crippen LogP contribution in [0.25, 0.3) is 0 Å². The molecule has 0 saturated carbocycles. The number of aromatic carboxylic acids is 1. The van der Waals surface area contributed by atoms with Crippen LogP contribution in [-0.4, -0.2) is 22.1 Å². The number of halogens is 1. The van der Waals surface area contributed by atoms with E-state index in [1.165, 1.54) is 71.6 Å². The molecule has 3 aromatic rings. The summed E-state index contributed by atoms with van der Waals surface area (Å²) in [7, 11) is 0. The van der Waals surface area contributed by atoms with Crippen LogP contribution >= 0.6 is 0 Å². The van der Waals surface area contributed by atoms with Crippen LogP contribution in [0.4, 0.5) is 20.6 Å². The second kappa shape index (κ2) is 8.82. The Balaban J connectivity index is 1.85. The third-order valence-electron chi connectivity index (χ3n) is 4.13. The van der Waals surface area contributed by atoms with Crippen LogP contribution in [0.15, 0.2) is 72.8 Å². The first-order chi connectivity index (χ1) is 14.3. The van der Waals surface area contributed by atoms with E-state index in [-0.39, 0.29) is 29.2 Å². The molecule has 0 heterocycles. The number of carboxylic acid groups (broad SMARTS) is 1. The third-order valence-corrected chi connectivity index (χ3v) is 4.13. The minimum Gasteiger partial charge on any atom is -0.478 e. The van der Waals surface area contributed by atoms with Gasteiger partial charge in [-0.05, 0) is 48.0 Å². The zero-order valence-electron chi connectivity index (χ0n) is 15.4. The number of benzene rings is 3. The number of hydrogen-bond acceptors (Lipinski definition) is 5. The summed E-state index contributed by atoms with van der Waals surface area (Å²) in [6, 6.07) is 16.1. The topological polar surface area (TPSA) is 110 Å². The zero-order valence-corrected chi connectivity index (χ0v) is 15.4. The fourth-order valence-corrected chi connectivity index (χ4v) is 2.63. The van der Waals surface area contributed by atoms with Crippen molar-refractivity contribution in [3.63, 3.8) is 0 Å². The fourth-order valence-electron chi connectivity index (χ4n) is 2.63. The molecule has 0 bridgehead atoms. The van der Waals surface area contributed by atoms with Gasteiger partial charge in [0.25, 0.3) is 5.69 Å². The Kier molecular flexibility index (Phi) is 6.02. The minimum atomic E-state index is -1.08. The maximum atomic E-state index is 13.7. The van der Waals surface area contributed by atoms with Gasteiger partial charge in [-0.2, -0.15) is 0 Å². The number of carboxylic acids is 1. The van der Waals surface area contributed by atoms with Crippen molar-refractivity contribution >= 4 is 23.4 Å². The predicted octanol–water partition coefficient (Wildman–Crippen LogP) is 4.64. The number of rotatable bonds is 6. The van der Waals surface area contributed by atoms with Crippen LogP contribution in [-0.2, 0) is 6.54 Å². The molecule has 0 aromatic heterocycles. The predicted molar refractivity (Wildman–Crippen MR) is 105 cm³/mol. The van der Waals surface area contributed by atoms with Crippen molar-refractivity contribution in [1.29, 1.82) is 0 Å². The summed E-state index contributed by atoms with van der Waals surface area (Å²) in [5.41, 5.74) is 0.744. The van der Waals surface area contributed by atoms with Gasteiger partial charge in [0.05, 0.1) is 22.7 Å². The first-order valence-corrected chi connectivity index (χ1v) is 8.65. The molecular weight excluding hydrogens is 395 g/mol. The summed E-state index contributed by atoms with van der Waals surface area (Å²) in [6.07, 6.45) is -0.836. The highest BCUT2D eigenvalue weighted by Gasteiger charge is 2.20. The Bertz CT molecular complexity index is 1080. The summed E-state index contributed by atoms with van der Waals surface area (Å²) in [6.45, 7) is -0.0187. The summed E-state index contributed by atoms with van der Waals surface area (Å²) in [4.78, 5) is 35.1. The lowest BCUT2D eigenvalue weighted by molar-refractivity contribution is -0.384. The number of nitro groups is 1. The number of carbonyl (C=O) groups excluding carboxylic acids is 1. The Morgan fingerprint density at radius 3 is 2.27 bits per heavy atom. The Morgan fingerprint density at radius 2 is 1.70 bits per heavy atom. The highest BCUT2D eigenvalue weighted by Crippen LogP contribution is 2.23. The van der Waals surface area contributed by atoms with E-state index in [1.54, 1.807) is 0 Å². The lowest BCUT2D eigenvalue weighted by Gasteiger charge is -2.22. The molecule has 0 aliphatic heterocycles. The summed E-state index contributed by atoms with van der Waals surface area (Å²) < 4.78 is 19.0. The molecule has 0 aliphatic carbocycles. The van der Waals surface area contributed by atoms with E-state index >= 15 is 0 Å². The van der Waals surface area contributed by atoms with Crippen molar-refractivity contribution in [3.8, 4) is 5.75 Å². The van der Waals surface area contributed by atoms with Crippen molar-refractivity contribution in [1.82, 2.24) is 0 Å². The van der Waals surface area contributed by atoms with Crippen LogP contribution in [0.1, 0.15) is 15.9 Å². The molecule has 1 N–H and O–H groups in total. The number of nitrogens with zero attached hydrogens (tertiary/aromatic N) is 2. The summed E-state index contributed by atoms with van der Waals surface area (Å²) in [5, 5.41) is 19.8. The number of non-ortho nitro benzene ring substituents is 1. The SMILES string of the molecule is O=C(O)c1ccc(CN(C(=O)Oc2ccc([N+](=O)[O-])cc2)c2cccc(F)c2)cc1. The molecule has 0 aliphatic rings. The molecule has 0 unspecified atom stereocenters. The molecule has 8 nitrogen and oxygen atoms in total. The average molecular weight is 410 g/mol. The summed E-state index contributed by atoms with van der Waals surface area (Å²) >= 11 is 0. The van der Waals surface area contributed by atoms with Crippen molar-refractivity contribution in [3.05, 3.63) is 99.9 Å². The highest BCUT2D eigenvalue weighted by molar-refractivity contribution is 5.89. The minimum absolute atomic E-state index is 0.0187. The third kappa shape index (κ3) is 4.96. The number of anilines is 1. The van der Waals surface area contributed by atoms with Crippen molar-refractivity contribution < 1.29 is 28.7 Å². The van der Waals surface area contributed by atoms with Gasteiger partial charge in [-0.1, -0.05) is 18.2 Å². The number of ether oxygens (including phenoxy) is 1. The van der Waals surface area contributed by atoms with E-state index in [9.17, 15) is 24.1 Å². The molecule has 3 aromatic carbocycles. The molecule has 3 rings (SSSR count). The largest absolute Gasteiger partial charge is 0.478 e. The Hall–Kier alpha value is -4.27. The number of hydrogen-bond donors (Lipinski definition) is 1. The average Bonchev–Trinajstić information content (AvgIpc) is 2.72. The lowest BCUT2D eigenvalue weighted by atomic mass is 10.1. The van der Waals surface area contributed by atoms with E-state index in [0.717, 1.165) is 6.07 Å². The van der Waals surface area contributed by atoms with Crippen molar-refractivity contribution in [2.75, 3.05) is 4.90 Å². The van der Waals surface area contributed by atoms with Gasteiger partial charge in [0.2, 0.25) is 0 Å². The normalized spacial score (nSPS) is 10.3. The van der Waals surface area contributed by atoms with Gasteiger partial charge in [0.15, 0.2) is 0 Å². The first kappa shape index (κ1) is 20.5. The molecule has 0 radical (unpaired) electrons. The maximum Gasteiger partial charge on any atom is 0.420 e. The first-order valence-electron chi connectivity index (χ1n) is 8.65. The second-order valence-corrected chi connectivity index (χ2v) is 6.19. The summed E-state index contributed by atoms with van der Waals surface area (Å²) in [5.74, 6) is -1.56. The maximum absolute atomic E-state index is 13.7. The quantitative estimate of drug-likeness (QED) is 0.468. The van der Waals surface area contributed by atoms with Gasteiger partial charge in [-0.3, -0.25) is 15.0 Å². The Labute approximate surface area is 169 Å². The van der Waals surface area contributed by atoms with Gasteiger partial charge < -0.3 is 9.84 Å². The van der Waals surface area contributed by atoms with Crippen LogP contribution in [0.3, 0.4) is 0 Å². The van der Waals surface area contributed by atoms with Crippen molar-refractivity contribution in [2.24, 2.45) is 0 Å². The van der Waals surface area contributed by atoms with E-state index < -0.39 is 22.8 Å². The number of carbonyl (C=O) groups is 2. The smallest absolute Gasteiger partial charge is 0.420 e. The lowest BCUT2D eigenvalue weighted by Crippen LogP contribution is -2.33.